The SMILES string of the molecule is C[C@H](C(=O)N(C)C1(C#N)CCCCC1)[NH+]1CCN(c2ccc(F)cc2)CC1. The van der Waals surface area contributed by atoms with Crippen LogP contribution in [0, 0.1) is 17.1 Å². The fourth-order valence-corrected chi connectivity index (χ4v) is 4.47. The number of benzene rings is 1. The van der Waals surface area contributed by atoms with Gasteiger partial charge in [0, 0.05) is 12.7 Å². The number of nitrogens with one attached hydrogen (secondary N) is 1. The lowest BCUT2D eigenvalue weighted by Crippen LogP contribution is -3.19. The van der Waals surface area contributed by atoms with Gasteiger partial charge < -0.3 is 14.7 Å². The van der Waals surface area contributed by atoms with Gasteiger partial charge in [0.2, 0.25) is 0 Å². The third-order valence-corrected chi connectivity index (χ3v) is 6.44. The van der Waals surface area contributed by atoms with Crippen molar-refractivity contribution in [3.8, 4) is 6.07 Å². The summed E-state index contributed by atoms with van der Waals surface area (Å²) in [7, 11) is 1.81. The molecule has 1 aliphatic carbocycles. The van der Waals surface area contributed by atoms with Crippen LogP contribution < -0.4 is 9.80 Å². The molecule has 1 aromatic carbocycles. The number of carbonyl (C=O) groups excluding carboxylic acids is 1. The normalized spacial score (nSPS) is 21.3. The number of anilines is 1. The van der Waals surface area contributed by atoms with Gasteiger partial charge in [-0.2, -0.15) is 5.26 Å². The molecule has 5 nitrogen and oxygen atoms in total. The Morgan fingerprint density at radius 2 is 1.81 bits per heavy atom. The summed E-state index contributed by atoms with van der Waals surface area (Å²) in [6.45, 7) is 5.38. The topological polar surface area (TPSA) is 51.8 Å². The third-order valence-electron chi connectivity index (χ3n) is 6.44. The predicted molar refractivity (Wildman–Crippen MR) is 103 cm³/mol. The van der Waals surface area contributed by atoms with E-state index in [1.807, 2.05) is 26.1 Å². The Morgan fingerprint density at radius 3 is 2.37 bits per heavy atom. The number of carbonyl (C=O) groups is 1. The molecule has 1 aliphatic heterocycles. The first kappa shape index (κ1) is 19.6. The van der Waals surface area contributed by atoms with Crippen molar-refractivity contribution < 1.29 is 14.1 Å². The van der Waals surface area contributed by atoms with Crippen LogP contribution in [0.5, 0.6) is 0 Å². The van der Waals surface area contributed by atoms with Crippen molar-refractivity contribution in [2.45, 2.75) is 50.6 Å². The number of hydrogen-bond donors (Lipinski definition) is 1. The molecule has 0 bridgehead atoms. The maximum absolute atomic E-state index is 13.1. The second kappa shape index (κ2) is 8.26. The van der Waals surface area contributed by atoms with Gasteiger partial charge in [0.1, 0.15) is 11.4 Å². The van der Waals surface area contributed by atoms with Gasteiger partial charge in [0.15, 0.2) is 6.04 Å². The number of amides is 1. The van der Waals surface area contributed by atoms with Gasteiger partial charge >= 0.3 is 0 Å². The summed E-state index contributed by atoms with van der Waals surface area (Å²) in [6.07, 6.45) is 4.75. The molecular weight excluding hydrogens is 343 g/mol. The number of nitrogens with zero attached hydrogens (tertiary/aromatic N) is 3. The van der Waals surface area contributed by atoms with E-state index >= 15 is 0 Å². The molecule has 1 aromatic rings. The first-order valence-corrected chi connectivity index (χ1v) is 10.0. The van der Waals surface area contributed by atoms with Crippen molar-refractivity contribution >= 4 is 11.6 Å². The van der Waals surface area contributed by atoms with E-state index in [-0.39, 0.29) is 17.8 Å². The smallest absolute Gasteiger partial charge is 0.281 e. The molecular formula is C21H30FN4O+. The maximum atomic E-state index is 13.1. The third kappa shape index (κ3) is 4.08. The van der Waals surface area contributed by atoms with E-state index in [0.29, 0.717) is 0 Å². The number of rotatable bonds is 4. The number of quaternary nitrogens is 1. The highest BCUT2D eigenvalue weighted by Crippen LogP contribution is 2.32. The van der Waals surface area contributed by atoms with Crippen LogP contribution in [0.25, 0.3) is 0 Å². The lowest BCUT2D eigenvalue weighted by atomic mass is 9.81. The van der Waals surface area contributed by atoms with Gasteiger partial charge in [-0.25, -0.2) is 4.39 Å². The minimum atomic E-state index is -0.626. The molecule has 0 aromatic heterocycles. The molecule has 6 heteroatoms. The van der Waals surface area contributed by atoms with E-state index < -0.39 is 5.54 Å². The predicted octanol–water partition coefficient (Wildman–Crippen LogP) is 1.60. The summed E-state index contributed by atoms with van der Waals surface area (Å²) in [5.74, 6) is -0.150. The minimum absolute atomic E-state index is 0.0729. The number of hydrogen-bond acceptors (Lipinski definition) is 3. The largest absolute Gasteiger partial charge is 0.360 e. The summed E-state index contributed by atoms with van der Waals surface area (Å²) in [5, 5.41) is 9.75. The Balaban J connectivity index is 1.59. The molecule has 3 rings (SSSR count). The van der Waals surface area contributed by atoms with Crippen molar-refractivity contribution in [2.24, 2.45) is 0 Å². The van der Waals surface area contributed by atoms with Gasteiger partial charge in [-0.1, -0.05) is 19.3 Å². The Hall–Kier alpha value is -2.13. The lowest BCUT2D eigenvalue weighted by Gasteiger charge is -2.42. The average molecular weight is 373 g/mol. The lowest BCUT2D eigenvalue weighted by molar-refractivity contribution is -0.915. The van der Waals surface area contributed by atoms with Crippen LogP contribution in [0.1, 0.15) is 39.0 Å². The molecule has 1 saturated carbocycles. The second-order valence-electron chi connectivity index (χ2n) is 7.94. The van der Waals surface area contributed by atoms with Gasteiger partial charge in [0.25, 0.3) is 5.91 Å². The number of piperazine rings is 1. The summed E-state index contributed by atoms with van der Waals surface area (Å²) < 4.78 is 13.1. The molecule has 0 radical (unpaired) electrons. The Kier molecular flexibility index (Phi) is 6.01. The van der Waals surface area contributed by atoms with Crippen LogP contribution in [0.15, 0.2) is 24.3 Å². The van der Waals surface area contributed by atoms with E-state index in [1.165, 1.54) is 17.0 Å². The van der Waals surface area contributed by atoms with Crippen LogP contribution in [0.3, 0.4) is 0 Å². The first-order valence-electron chi connectivity index (χ1n) is 10.0. The van der Waals surface area contributed by atoms with Crippen LogP contribution in [0.2, 0.25) is 0 Å². The van der Waals surface area contributed by atoms with Crippen LogP contribution >= 0.6 is 0 Å². The minimum Gasteiger partial charge on any atom is -0.360 e. The summed E-state index contributed by atoms with van der Waals surface area (Å²) in [6, 6.07) is 8.88. The Bertz CT molecular complexity index is 685. The molecule has 146 valence electrons. The van der Waals surface area contributed by atoms with E-state index in [4.69, 9.17) is 0 Å². The zero-order chi connectivity index (χ0) is 19.4. The average Bonchev–Trinajstić information content (AvgIpc) is 2.73. The fraction of sp³-hybridized carbons (Fsp3) is 0.619. The van der Waals surface area contributed by atoms with E-state index in [1.54, 1.807) is 4.90 Å². The Morgan fingerprint density at radius 1 is 1.22 bits per heavy atom. The zero-order valence-corrected chi connectivity index (χ0v) is 16.4. The fourth-order valence-electron chi connectivity index (χ4n) is 4.47. The standard InChI is InChI=1S/C21H29FN4O/c1-17(20(27)24(2)21(16-23)10-4-3-5-11-21)25-12-14-26(15-13-25)19-8-6-18(22)7-9-19/h6-9,17H,3-5,10-15H2,1-2H3/p+1/t17-/m1/s1. The van der Waals surface area contributed by atoms with Crippen molar-refractivity contribution in [3.05, 3.63) is 30.1 Å². The molecule has 1 N–H and O–H groups in total. The Labute approximate surface area is 161 Å². The summed E-state index contributed by atoms with van der Waals surface area (Å²) >= 11 is 0. The summed E-state index contributed by atoms with van der Waals surface area (Å²) in [5.41, 5.74) is 0.399. The van der Waals surface area contributed by atoms with Gasteiger partial charge in [0.05, 0.1) is 32.2 Å². The highest BCUT2D eigenvalue weighted by Gasteiger charge is 2.42. The van der Waals surface area contributed by atoms with Crippen molar-refractivity contribution in [2.75, 3.05) is 38.1 Å². The van der Waals surface area contributed by atoms with Gasteiger partial charge in [-0.3, -0.25) is 4.79 Å². The van der Waals surface area contributed by atoms with Crippen molar-refractivity contribution in [3.63, 3.8) is 0 Å². The number of nitriles is 1. The first-order chi connectivity index (χ1) is 13.0. The van der Waals surface area contributed by atoms with Crippen LogP contribution in [-0.4, -0.2) is 55.6 Å². The molecule has 2 fully saturated rings. The number of likely N-dealkylation sites (N-methyl/N-ethyl adjacent to an activating group) is 1. The quantitative estimate of drug-likeness (QED) is 0.872. The molecule has 0 spiro atoms. The highest BCUT2D eigenvalue weighted by atomic mass is 19.1. The van der Waals surface area contributed by atoms with Crippen molar-refractivity contribution in [1.29, 1.82) is 5.26 Å². The van der Waals surface area contributed by atoms with Crippen molar-refractivity contribution in [1.82, 2.24) is 4.90 Å². The van der Waals surface area contributed by atoms with E-state index in [0.717, 1.165) is 64.0 Å². The van der Waals surface area contributed by atoms with Gasteiger partial charge in [-0.05, 0) is 44.0 Å². The molecule has 27 heavy (non-hydrogen) atoms. The molecule has 2 aliphatic rings. The molecule has 1 atom stereocenters. The van der Waals surface area contributed by atoms with E-state index in [2.05, 4.69) is 11.0 Å². The monoisotopic (exact) mass is 373 g/mol. The zero-order valence-electron chi connectivity index (χ0n) is 16.4. The summed E-state index contributed by atoms with van der Waals surface area (Å²) in [4.78, 5) is 18.3. The second-order valence-corrected chi connectivity index (χ2v) is 7.94. The van der Waals surface area contributed by atoms with Gasteiger partial charge in [-0.15, -0.1) is 0 Å². The van der Waals surface area contributed by atoms with Crippen LogP contribution in [-0.2, 0) is 4.79 Å². The van der Waals surface area contributed by atoms with Crippen LogP contribution in [0.4, 0.5) is 10.1 Å². The van der Waals surface area contributed by atoms with E-state index in [9.17, 15) is 14.4 Å². The highest BCUT2D eigenvalue weighted by molar-refractivity contribution is 5.81. The molecule has 0 unspecified atom stereocenters. The number of halogens is 1. The molecule has 1 amide bonds. The molecule has 1 heterocycles. The maximum Gasteiger partial charge on any atom is 0.281 e. The molecule has 1 saturated heterocycles.